The average molecular weight is 514 g/mol. The largest absolute Gasteiger partial charge is 0.355 e. The van der Waals surface area contributed by atoms with E-state index in [1.807, 2.05) is 38.1 Å². The van der Waals surface area contributed by atoms with Crippen molar-refractivity contribution in [2.45, 2.75) is 39.8 Å². The van der Waals surface area contributed by atoms with Crippen LogP contribution in [0.5, 0.6) is 0 Å². The molecule has 0 aromatic heterocycles. The van der Waals surface area contributed by atoms with Crippen molar-refractivity contribution in [1.29, 1.82) is 0 Å². The van der Waals surface area contributed by atoms with Gasteiger partial charge in [0.05, 0.1) is 22.0 Å². The smallest absolute Gasteiger partial charge is 0.244 e. The Morgan fingerprint density at radius 1 is 1.03 bits per heavy atom. The predicted molar refractivity (Wildman–Crippen MR) is 133 cm³/mol. The number of rotatable bonds is 10. The summed E-state index contributed by atoms with van der Waals surface area (Å²) >= 11 is 12.0. The average Bonchev–Trinajstić information content (AvgIpc) is 2.74. The number of likely N-dealkylation sites (N-methyl/N-ethyl adjacent to an activating group) is 1. The van der Waals surface area contributed by atoms with Crippen molar-refractivity contribution in [2.24, 2.45) is 0 Å². The van der Waals surface area contributed by atoms with E-state index in [2.05, 4.69) is 5.32 Å². The Hall–Kier alpha value is -2.29. The Morgan fingerprint density at radius 3 is 2.18 bits per heavy atom. The number of carbonyl (C=O) groups excluding carboxylic acids is 2. The van der Waals surface area contributed by atoms with Crippen LogP contribution in [0.25, 0.3) is 0 Å². The fourth-order valence-electron chi connectivity index (χ4n) is 3.36. The van der Waals surface area contributed by atoms with Gasteiger partial charge in [0.2, 0.25) is 21.8 Å². The lowest BCUT2D eigenvalue weighted by molar-refractivity contribution is -0.140. The fourth-order valence-corrected chi connectivity index (χ4v) is 4.49. The molecule has 10 heteroatoms. The van der Waals surface area contributed by atoms with E-state index in [4.69, 9.17) is 23.2 Å². The van der Waals surface area contributed by atoms with Crippen LogP contribution in [0.15, 0.2) is 42.5 Å². The zero-order chi connectivity index (χ0) is 24.8. The molecule has 0 saturated heterocycles. The molecular formula is C23H29Cl2N3O4S. The normalized spacial score (nSPS) is 12.2. The van der Waals surface area contributed by atoms with E-state index in [1.54, 1.807) is 6.92 Å². The highest BCUT2D eigenvalue weighted by molar-refractivity contribution is 7.92. The SMILES string of the molecule is CCNC(=O)[C@@H](CC)N(Cc1ccc(C)cc1)C(=O)CN(c1ccc(Cl)c(Cl)c1)S(C)(=O)=O. The molecule has 0 fully saturated rings. The van der Waals surface area contributed by atoms with E-state index in [9.17, 15) is 18.0 Å². The van der Waals surface area contributed by atoms with Gasteiger partial charge in [0.15, 0.2) is 0 Å². The van der Waals surface area contributed by atoms with E-state index in [1.165, 1.54) is 23.1 Å². The van der Waals surface area contributed by atoms with Crippen molar-refractivity contribution >= 4 is 50.7 Å². The summed E-state index contributed by atoms with van der Waals surface area (Å²) in [5, 5.41) is 3.19. The number of anilines is 1. The van der Waals surface area contributed by atoms with Gasteiger partial charge in [0.25, 0.3) is 0 Å². The lowest BCUT2D eigenvalue weighted by atomic mass is 10.1. The van der Waals surface area contributed by atoms with Gasteiger partial charge in [-0.1, -0.05) is 60.0 Å². The molecule has 0 aliphatic carbocycles. The zero-order valence-electron chi connectivity index (χ0n) is 19.1. The second-order valence-corrected chi connectivity index (χ2v) is 10.4. The van der Waals surface area contributed by atoms with Crippen molar-refractivity contribution in [2.75, 3.05) is 23.7 Å². The van der Waals surface area contributed by atoms with Crippen molar-refractivity contribution < 1.29 is 18.0 Å². The minimum atomic E-state index is -3.83. The Morgan fingerprint density at radius 2 is 1.67 bits per heavy atom. The van der Waals surface area contributed by atoms with Gasteiger partial charge in [-0.2, -0.15) is 0 Å². The molecule has 0 aliphatic heterocycles. The van der Waals surface area contributed by atoms with Gasteiger partial charge in [-0.05, 0) is 44.0 Å². The highest BCUT2D eigenvalue weighted by Crippen LogP contribution is 2.28. The van der Waals surface area contributed by atoms with Gasteiger partial charge in [-0.3, -0.25) is 13.9 Å². The summed E-state index contributed by atoms with van der Waals surface area (Å²) in [6.07, 6.45) is 1.38. The molecule has 0 bridgehead atoms. The second-order valence-electron chi connectivity index (χ2n) is 7.69. The first-order valence-electron chi connectivity index (χ1n) is 10.5. The van der Waals surface area contributed by atoms with Crippen LogP contribution < -0.4 is 9.62 Å². The summed E-state index contributed by atoms with van der Waals surface area (Å²) in [6, 6.07) is 11.2. The highest BCUT2D eigenvalue weighted by Gasteiger charge is 2.31. The third-order valence-electron chi connectivity index (χ3n) is 5.08. The molecule has 2 aromatic rings. The minimum Gasteiger partial charge on any atom is -0.355 e. The van der Waals surface area contributed by atoms with Crippen molar-refractivity contribution in [1.82, 2.24) is 10.2 Å². The minimum absolute atomic E-state index is 0.160. The molecule has 0 saturated carbocycles. The fraction of sp³-hybridized carbons (Fsp3) is 0.391. The summed E-state index contributed by atoms with van der Waals surface area (Å²) in [5.74, 6) is -0.800. The summed E-state index contributed by atoms with van der Waals surface area (Å²) < 4.78 is 26.1. The third kappa shape index (κ3) is 7.35. The molecule has 0 spiro atoms. The first-order valence-corrected chi connectivity index (χ1v) is 13.1. The molecule has 0 unspecified atom stereocenters. The van der Waals surface area contributed by atoms with Crippen LogP contribution in [0, 0.1) is 6.92 Å². The topological polar surface area (TPSA) is 86.8 Å². The highest BCUT2D eigenvalue weighted by atomic mass is 35.5. The number of aryl methyl sites for hydroxylation is 1. The van der Waals surface area contributed by atoms with E-state index in [-0.39, 0.29) is 28.2 Å². The number of hydrogen-bond acceptors (Lipinski definition) is 4. The maximum atomic E-state index is 13.5. The van der Waals surface area contributed by atoms with Gasteiger partial charge in [0, 0.05) is 13.1 Å². The van der Waals surface area contributed by atoms with Crippen LogP contribution in [0.1, 0.15) is 31.4 Å². The molecule has 1 atom stereocenters. The van der Waals surface area contributed by atoms with Gasteiger partial charge < -0.3 is 10.2 Å². The van der Waals surface area contributed by atoms with Crippen LogP contribution in [-0.2, 0) is 26.2 Å². The molecule has 2 aromatic carbocycles. The summed E-state index contributed by atoms with van der Waals surface area (Å²) in [7, 11) is -3.83. The first kappa shape index (κ1) is 27.0. The summed E-state index contributed by atoms with van der Waals surface area (Å²) in [4.78, 5) is 27.6. The standard InChI is InChI=1S/C23H29Cl2N3O4S/c1-5-21(23(30)26-6-2)27(14-17-9-7-16(3)8-10-17)22(29)15-28(33(4,31)32)18-11-12-19(24)20(25)13-18/h7-13,21H,5-6,14-15H2,1-4H3,(H,26,30)/t21-/m1/s1. The number of sulfonamides is 1. The Balaban J connectivity index is 2.44. The second kappa shape index (κ2) is 11.7. The maximum absolute atomic E-state index is 13.5. The molecule has 2 rings (SSSR count). The monoisotopic (exact) mass is 513 g/mol. The number of nitrogens with one attached hydrogen (secondary N) is 1. The number of carbonyl (C=O) groups is 2. The van der Waals surface area contributed by atoms with E-state index in [0.717, 1.165) is 21.7 Å². The molecular weight excluding hydrogens is 485 g/mol. The number of amides is 2. The lowest BCUT2D eigenvalue weighted by Gasteiger charge is -2.32. The van der Waals surface area contributed by atoms with E-state index in [0.29, 0.717) is 13.0 Å². The van der Waals surface area contributed by atoms with E-state index < -0.39 is 28.5 Å². The molecule has 7 nitrogen and oxygen atoms in total. The molecule has 1 N–H and O–H groups in total. The van der Waals surface area contributed by atoms with Crippen molar-refractivity contribution in [3.05, 3.63) is 63.6 Å². The number of benzene rings is 2. The lowest BCUT2D eigenvalue weighted by Crippen LogP contribution is -2.52. The molecule has 0 heterocycles. The van der Waals surface area contributed by atoms with Crippen molar-refractivity contribution in [3.63, 3.8) is 0 Å². The predicted octanol–water partition coefficient (Wildman–Crippen LogP) is 4.01. The molecule has 33 heavy (non-hydrogen) atoms. The van der Waals surface area contributed by atoms with E-state index >= 15 is 0 Å². The number of halogens is 2. The van der Waals surface area contributed by atoms with Gasteiger partial charge in [-0.25, -0.2) is 8.42 Å². The Kier molecular flexibility index (Phi) is 9.57. The Bertz CT molecular complexity index is 1090. The van der Waals surface area contributed by atoms with Crippen LogP contribution in [-0.4, -0.2) is 50.5 Å². The Labute approximate surface area is 205 Å². The molecule has 0 aliphatic rings. The molecule has 0 radical (unpaired) electrons. The summed E-state index contributed by atoms with van der Waals surface area (Å²) in [6.45, 7) is 5.65. The van der Waals surface area contributed by atoms with Crippen LogP contribution >= 0.6 is 23.2 Å². The van der Waals surface area contributed by atoms with Crippen molar-refractivity contribution in [3.8, 4) is 0 Å². The third-order valence-corrected chi connectivity index (χ3v) is 6.96. The molecule has 180 valence electrons. The number of nitrogens with zero attached hydrogens (tertiary/aromatic N) is 2. The van der Waals surface area contributed by atoms with Crippen LogP contribution in [0.3, 0.4) is 0 Å². The zero-order valence-corrected chi connectivity index (χ0v) is 21.5. The van der Waals surface area contributed by atoms with Crippen LogP contribution in [0.2, 0.25) is 10.0 Å². The summed E-state index contributed by atoms with van der Waals surface area (Å²) in [5.41, 5.74) is 2.11. The maximum Gasteiger partial charge on any atom is 0.244 e. The van der Waals surface area contributed by atoms with Crippen LogP contribution in [0.4, 0.5) is 5.69 Å². The first-order chi connectivity index (χ1) is 15.5. The number of hydrogen-bond donors (Lipinski definition) is 1. The quantitative estimate of drug-likeness (QED) is 0.519. The van der Waals surface area contributed by atoms with Gasteiger partial charge in [0.1, 0.15) is 12.6 Å². The van der Waals surface area contributed by atoms with Gasteiger partial charge in [-0.15, -0.1) is 0 Å². The molecule has 2 amide bonds. The van der Waals surface area contributed by atoms with Gasteiger partial charge >= 0.3 is 0 Å².